The molecule has 0 aliphatic carbocycles. The molecule has 1 aliphatic heterocycles. The van der Waals surface area contributed by atoms with Crippen molar-refractivity contribution in [1.29, 1.82) is 0 Å². The maximum absolute atomic E-state index is 14.8. The molecule has 4 rings (SSSR count). The molecule has 0 radical (unpaired) electrons. The number of benzene rings is 2. The van der Waals surface area contributed by atoms with E-state index in [-0.39, 0.29) is 11.5 Å². The fraction of sp³-hybridized carbons (Fsp3) is 0.304. The summed E-state index contributed by atoms with van der Waals surface area (Å²) < 4.78 is 43.0. The number of methoxy groups -OCH3 is 2. The van der Waals surface area contributed by atoms with Crippen LogP contribution in [0.15, 0.2) is 70.4 Å². The molecule has 0 saturated carbocycles. The monoisotopic (exact) mass is 536 g/mol. The fourth-order valence-electron chi connectivity index (χ4n) is 3.86. The lowest BCUT2D eigenvalue weighted by molar-refractivity contribution is -0.101. The van der Waals surface area contributed by atoms with Crippen molar-refractivity contribution in [1.82, 2.24) is 9.55 Å². The van der Waals surface area contributed by atoms with E-state index in [4.69, 9.17) is 23.3 Å². The molecule has 198 valence electrons. The number of aliphatic hydroxyl groups is 3. The molecular weight excluding hydrogens is 511 g/mol. The van der Waals surface area contributed by atoms with Crippen molar-refractivity contribution in [3.63, 3.8) is 0 Å². The molecule has 1 saturated heterocycles. The van der Waals surface area contributed by atoms with Gasteiger partial charge in [0.2, 0.25) is 0 Å². The Labute approximate surface area is 209 Å². The Balaban J connectivity index is 1.94. The minimum absolute atomic E-state index is 0.0350. The zero-order valence-electron chi connectivity index (χ0n) is 19.7. The quantitative estimate of drug-likeness (QED) is 0.282. The van der Waals surface area contributed by atoms with Gasteiger partial charge in [0.1, 0.15) is 41.3 Å². The summed E-state index contributed by atoms with van der Waals surface area (Å²) in [4.78, 5) is 26.7. The molecule has 1 aromatic heterocycles. The van der Waals surface area contributed by atoms with Crippen molar-refractivity contribution in [3.8, 4) is 23.0 Å². The summed E-state index contributed by atoms with van der Waals surface area (Å²) in [5.74, 6) is 0.843. The van der Waals surface area contributed by atoms with Crippen LogP contribution in [0, 0.1) is 0 Å². The smallest absolute Gasteiger partial charge is 0.486 e. The predicted molar refractivity (Wildman–Crippen MR) is 128 cm³/mol. The largest absolute Gasteiger partial charge is 0.497 e. The van der Waals surface area contributed by atoms with Gasteiger partial charge in [-0.15, -0.1) is 0 Å². The van der Waals surface area contributed by atoms with Crippen LogP contribution in [0.5, 0.6) is 23.0 Å². The Morgan fingerprint density at radius 2 is 1.41 bits per heavy atom. The SMILES string of the molecule is COc1ccc(OP(=O)(Oc2ccc(OC)cc2)[C@@]2(n3ccc(=O)[nH]c3=O)O[C@H](CO)[C@@H](O)[C@H]2O)cc1. The van der Waals surface area contributed by atoms with Crippen molar-refractivity contribution in [2.45, 2.75) is 23.8 Å². The lowest BCUT2D eigenvalue weighted by atomic mass is 10.1. The van der Waals surface area contributed by atoms with Crippen LogP contribution in [0.2, 0.25) is 0 Å². The Kier molecular flexibility index (Phi) is 7.44. The first-order valence-electron chi connectivity index (χ1n) is 10.9. The van der Waals surface area contributed by atoms with Gasteiger partial charge in [-0.3, -0.25) is 14.3 Å². The van der Waals surface area contributed by atoms with Crippen molar-refractivity contribution in [2.75, 3.05) is 20.8 Å². The summed E-state index contributed by atoms with van der Waals surface area (Å²) in [7, 11) is -2.08. The normalized spacial score (nSPS) is 23.4. The van der Waals surface area contributed by atoms with E-state index in [9.17, 15) is 29.5 Å². The number of rotatable bonds is 9. The van der Waals surface area contributed by atoms with Crippen LogP contribution in [0.1, 0.15) is 0 Å². The van der Waals surface area contributed by atoms with E-state index in [0.717, 1.165) is 12.3 Å². The van der Waals surface area contributed by atoms with Gasteiger partial charge in [-0.2, -0.15) is 0 Å². The van der Waals surface area contributed by atoms with Crippen molar-refractivity contribution in [2.24, 2.45) is 0 Å². The van der Waals surface area contributed by atoms with Gasteiger partial charge >= 0.3 is 18.8 Å². The van der Waals surface area contributed by atoms with E-state index in [0.29, 0.717) is 16.1 Å². The summed E-state index contributed by atoms with van der Waals surface area (Å²) in [5.41, 5.74) is -4.68. The summed E-state index contributed by atoms with van der Waals surface area (Å²) in [5, 5.41) is 31.6. The number of H-pyrrole nitrogens is 1. The number of hydrogen-bond acceptors (Lipinski definition) is 11. The molecule has 1 fully saturated rings. The van der Waals surface area contributed by atoms with Gasteiger partial charge in [0.05, 0.1) is 20.8 Å². The Bertz CT molecular complexity index is 1340. The molecular formula is C23H25N2O11P. The van der Waals surface area contributed by atoms with Gasteiger partial charge in [0, 0.05) is 12.3 Å². The van der Waals surface area contributed by atoms with E-state index in [1.165, 1.54) is 62.8 Å². The lowest BCUT2D eigenvalue weighted by Crippen LogP contribution is -2.52. The van der Waals surface area contributed by atoms with Crippen LogP contribution in [-0.2, 0) is 14.8 Å². The first kappa shape index (κ1) is 26.5. The van der Waals surface area contributed by atoms with Crippen LogP contribution in [0.4, 0.5) is 0 Å². The summed E-state index contributed by atoms with van der Waals surface area (Å²) in [6.45, 7) is -0.816. The maximum Gasteiger partial charge on any atom is 0.486 e. The molecule has 37 heavy (non-hydrogen) atoms. The van der Waals surface area contributed by atoms with E-state index < -0.39 is 49.2 Å². The molecule has 2 heterocycles. The third-order valence-electron chi connectivity index (χ3n) is 5.73. The van der Waals surface area contributed by atoms with Crippen molar-refractivity contribution >= 4 is 7.60 Å². The van der Waals surface area contributed by atoms with Crippen LogP contribution >= 0.6 is 7.60 Å². The zero-order valence-corrected chi connectivity index (χ0v) is 20.6. The van der Waals surface area contributed by atoms with Crippen LogP contribution < -0.4 is 29.8 Å². The number of nitrogens with one attached hydrogen (secondary N) is 1. The highest BCUT2D eigenvalue weighted by atomic mass is 31.2. The van der Waals surface area contributed by atoms with E-state index in [1.807, 2.05) is 4.98 Å². The van der Waals surface area contributed by atoms with Gasteiger partial charge in [-0.1, -0.05) is 0 Å². The second kappa shape index (κ2) is 10.4. The summed E-state index contributed by atoms with van der Waals surface area (Å²) in [6, 6.07) is 12.5. The number of aliphatic hydroxyl groups excluding tert-OH is 3. The zero-order chi connectivity index (χ0) is 26.8. The van der Waals surface area contributed by atoms with Gasteiger partial charge in [0.25, 0.3) is 5.56 Å². The molecule has 0 bridgehead atoms. The Hall–Kier alpha value is -3.61. The Morgan fingerprint density at radius 3 is 1.81 bits per heavy atom. The first-order chi connectivity index (χ1) is 17.7. The van der Waals surface area contributed by atoms with Crippen LogP contribution in [0.3, 0.4) is 0 Å². The highest BCUT2D eigenvalue weighted by Gasteiger charge is 2.70. The van der Waals surface area contributed by atoms with Gasteiger partial charge in [0.15, 0.2) is 0 Å². The minimum Gasteiger partial charge on any atom is -0.497 e. The van der Waals surface area contributed by atoms with Crippen LogP contribution in [0.25, 0.3) is 0 Å². The predicted octanol–water partition coefficient (Wildman–Crippen LogP) is 0.628. The standard InChI is InChI=1S/C23H25N2O11P/c1-32-14-3-7-16(8-4-14)35-37(31,36-17-9-5-15(33-2)6-10-17)23(21(29)20(28)18(13-26)34-23)25-12-11-19(27)24-22(25)30/h3-12,18,20-21,26,28-29H,13H2,1-2H3,(H,24,27,30)/t18-,20-,21-,23+/m1/s1. The molecule has 0 spiro atoms. The van der Waals surface area contributed by atoms with E-state index in [2.05, 4.69) is 0 Å². The molecule has 14 heteroatoms. The van der Waals surface area contributed by atoms with Crippen molar-refractivity contribution in [3.05, 3.63) is 81.6 Å². The fourth-order valence-corrected chi connectivity index (χ4v) is 6.12. The molecule has 1 aliphatic rings. The third kappa shape index (κ3) is 4.75. The molecule has 4 N–H and O–H groups in total. The highest BCUT2D eigenvalue weighted by Crippen LogP contribution is 2.66. The average Bonchev–Trinajstić information content (AvgIpc) is 3.16. The number of nitrogens with zero attached hydrogens (tertiary/aromatic N) is 1. The summed E-state index contributed by atoms with van der Waals surface area (Å²) in [6.07, 6.45) is -4.54. The number of aromatic nitrogens is 2. The van der Waals surface area contributed by atoms with Crippen LogP contribution in [-0.4, -0.2) is 64.0 Å². The van der Waals surface area contributed by atoms with Gasteiger partial charge in [-0.25, -0.2) is 9.36 Å². The highest BCUT2D eigenvalue weighted by molar-refractivity contribution is 7.55. The maximum atomic E-state index is 14.8. The Morgan fingerprint density at radius 1 is 0.919 bits per heavy atom. The topological polar surface area (TPSA) is 179 Å². The molecule has 0 unspecified atom stereocenters. The second-order valence-electron chi connectivity index (χ2n) is 7.94. The molecule has 3 aromatic rings. The molecule has 13 nitrogen and oxygen atoms in total. The second-order valence-corrected chi connectivity index (χ2v) is 9.95. The van der Waals surface area contributed by atoms with Gasteiger partial charge in [-0.05, 0) is 48.5 Å². The first-order valence-corrected chi connectivity index (χ1v) is 12.5. The number of ether oxygens (including phenoxy) is 3. The van der Waals surface area contributed by atoms with E-state index >= 15 is 0 Å². The van der Waals surface area contributed by atoms with Gasteiger partial charge < -0.3 is 38.6 Å². The number of hydrogen-bond donors (Lipinski definition) is 4. The minimum atomic E-state index is -4.98. The molecule has 4 atom stereocenters. The lowest BCUT2D eigenvalue weighted by Gasteiger charge is -2.38. The number of aromatic amines is 1. The average molecular weight is 536 g/mol. The third-order valence-corrected chi connectivity index (χ3v) is 8.00. The molecule has 2 aromatic carbocycles. The summed E-state index contributed by atoms with van der Waals surface area (Å²) >= 11 is 0. The molecule has 0 amide bonds. The van der Waals surface area contributed by atoms with E-state index in [1.54, 1.807) is 0 Å². The van der Waals surface area contributed by atoms with Crippen molar-refractivity contribution < 1.29 is 43.1 Å².